The van der Waals surface area contributed by atoms with Gasteiger partial charge in [0.15, 0.2) is 0 Å². The van der Waals surface area contributed by atoms with E-state index in [4.69, 9.17) is 17.3 Å². The van der Waals surface area contributed by atoms with E-state index < -0.39 is 0 Å². The van der Waals surface area contributed by atoms with Crippen LogP contribution in [0.5, 0.6) is 0 Å². The first kappa shape index (κ1) is 13.6. The van der Waals surface area contributed by atoms with E-state index in [0.717, 1.165) is 21.7 Å². The van der Waals surface area contributed by atoms with Crippen molar-refractivity contribution in [3.63, 3.8) is 0 Å². The third kappa shape index (κ3) is 3.81. The summed E-state index contributed by atoms with van der Waals surface area (Å²) in [5.74, 6) is -0.151. The smallest absolute Gasteiger partial charge is 0.234 e. The molecule has 19 heavy (non-hydrogen) atoms. The van der Waals surface area contributed by atoms with Crippen molar-refractivity contribution >= 4 is 17.5 Å². The fraction of sp³-hybridized carbons (Fsp3) is 0.133. The van der Waals surface area contributed by atoms with Gasteiger partial charge in [-0.05, 0) is 28.8 Å². The molecule has 0 spiro atoms. The molecule has 2 aromatic carbocycles. The van der Waals surface area contributed by atoms with E-state index in [1.165, 1.54) is 0 Å². The van der Waals surface area contributed by atoms with Crippen LogP contribution in [0.4, 0.5) is 0 Å². The van der Waals surface area contributed by atoms with Crippen LogP contribution in [-0.2, 0) is 11.3 Å². The fourth-order valence-electron chi connectivity index (χ4n) is 1.73. The maximum absolute atomic E-state index is 11.1. The van der Waals surface area contributed by atoms with Gasteiger partial charge in [0.25, 0.3) is 0 Å². The van der Waals surface area contributed by atoms with E-state index in [0.29, 0.717) is 6.54 Å². The zero-order valence-corrected chi connectivity index (χ0v) is 11.2. The van der Waals surface area contributed by atoms with Crippen molar-refractivity contribution in [1.29, 1.82) is 0 Å². The molecule has 2 rings (SSSR count). The van der Waals surface area contributed by atoms with Gasteiger partial charge in [-0.15, -0.1) is 0 Å². The van der Waals surface area contributed by atoms with Gasteiger partial charge in [0, 0.05) is 11.6 Å². The van der Waals surface area contributed by atoms with Crippen molar-refractivity contribution < 1.29 is 4.79 Å². The highest BCUT2D eigenvalue weighted by Crippen LogP contribution is 2.21. The number of carbonyl (C=O) groups excluding carboxylic acids is 1. The summed E-state index contributed by atoms with van der Waals surface area (Å²) in [6.07, 6.45) is 0. The summed E-state index contributed by atoms with van der Waals surface area (Å²) in [4.78, 5) is 11.1. The van der Waals surface area contributed by atoms with E-state index in [-0.39, 0.29) is 12.5 Å². The molecule has 0 aliphatic rings. The lowest BCUT2D eigenvalue weighted by molar-refractivity contribution is -0.119. The normalized spacial score (nSPS) is 10.2. The molecule has 0 atom stereocenters. The molecular weight excluding hydrogens is 260 g/mol. The summed E-state index contributed by atoms with van der Waals surface area (Å²) in [7, 11) is 0. The molecule has 0 saturated heterocycles. The maximum Gasteiger partial charge on any atom is 0.234 e. The number of nitrogens with two attached hydrogens (primary N) is 1. The molecule has 0 heterocycles. The molecule has 2 aromatic rings. The minimum atomic E-state index is -0.151. The van der Waals surface area contributed by atoms with Crippen LogP contribution >= 0.6 is 11.6 Å². The lowest BCUT2D eigenvalue weighted by Crippen LogP contribution is -2.29. The van der Waals surface area contributed by atoms with E-state index in [2.05, 4.69) is 5.32 Å². The van der Waals surface area contributed by atoms with E-state index in [1.54, 1.807) is 0 Å². The van der Waals surface area contributed by atoms with Crippen LogP contribution in [0, 0.1) is 0 Å². The van der Waals surface area contributed by atoms with E-state index in [9.17, 15) is 4.79 Å². The molecule has 3 N–H and O–H groups in total. The second-order valence-corrected chi connectivity index (χ2v) is 4.62. The highest BCUT2D eigenvalue weighted by Gasteiger charge is 2.00. The average Bonchev–Trinajstić information content (AvgIpc) is 2.46. The first-order valence-corrected chi connectivity index (χ1v) is 6.38. The van der Waals surface area contributed by atoms with Crippen LogP contribution in [0.1, 0.15) is 5.56 Å². The SMILES string of the molecule is NCC(=O)NCc1ccc(-c2ccc(Cl)cc2)cc1. The number of nitrogens with one attached hydrogen (secondary N) is 1. The Morgan fingerprint density at radius 2 is 1.53 bits per heavy atom. The number of hydrogen-bond acceptors (Lipinski definition) is 2. The minimum absolute atomic E-state index is 0.0167. The molecule has 3 nitrogen and oxygen atoms in total. The number of rotatable bonds is 4. The van der Waals surface area contributed by atoms with Crippen LogP contribution in [0.25, 0.3) is 11.1 Å². The number of amides is 1. The van der Waals surface area contributed by atoms with Gasteiger partial charge in [-0.1, -0.05) is 48.0 Å². The van der Waals surface area contributed by atoms with Gasteiger partial charge >= 0.3 is 0 Å². The first-order chi connectivity index (χ1) is 9.19. The molecular formula is C15H15ClN2O. The summed E-state index contributed by atoms with van der Waals surface area (Å²) in [5, 5.41) is 3.46. The van der Waals surface area contributed by atoms with Gasteiger partial charge in [-0.2, -0.15) is 0 Å². The Kier molecular flexibility index (Phi) is 4.55. The van der Waals surface area contributed by atoms with Crippen molar-refractivity contribution in [2.75, 3.05) is 6.54 Å². The standard InChI is InChI=1S/C15H15ClN2O/c16-14-7-5-13(6-8-14)12-3-1-11(2-4-12)10-18-15(19)9-17/h1-8H,9-10,17H2,(H,18,19). The minimum Gasteiger partial charge on any atom is -0.351 e. The number of halogens is 1. The molecule has 0 aromatic heterocycles. The van der Waals surface area contributed by atoms with Crippen molar-refractivity contribution in [2.24, 2.45) is 5.73 Å². The highest BCUT2D eigenvalue weighted by molar-refractivity contribution is 6.30. The lowest BCUT2D eigenvalue weighted by Gasteiger charge is -2.06. The van der Waals surface area contributed by atoms with Gasteiger partial charge in [-0.25, -0.2) is 0 Å². The monoisotopic (exact) mass is 274 g/mol. The van der Waals surface area contributed by atoms with Crippen LogP contribution in [0.15, 0.2) is 48.5 Å². The predicted molar refractivity (Wildman–Crippen MR) is 77.8 cm³/mol. The Bertz CT molecular complexity index is 549. The molecule has 4 heteroatoms. The first-order valence-electron chi connectivity index (χ1n) is 6.00. The van der Waals surface area contributed by atoms with Crippen LogP contribution < -0.4 is 11.1 Å². The fourth-order valence-corrected chi connectivity index (χ4v) is 1.86. The zero-order chi connectivity index (χ0) is 13.7. The Hall–Kier alpha value is -1.84. The Labute approximate surface area is 117 Å². The summed E-state index contributed by atoms with van der Waals surface area (Å²) in [6.45, 7) is 0.514. The average molecular weight is 275 g/mol. The van der Waals surface area contributed by atoms with Crippen molar-refractivity contribution in [3.05, 3.63) is 59.1 Å². The van der Waals surface area contributed by atoms with Crippen molar-refractivity contribution in [2.45, 2.75) is 6.54 Å². The summed E-state index contributed by atoms with van der Waals surface area (Å²) in [5.41, 5.74) is 8.50. The highest BCUT2D eigenvalue weighted by atomic mass is 35.5. The third-order valence-corrected chi connectivity index (χ3v) is 3.06. The molecule has 0 aliphatic heterocycles. The topological polar surface area (TPSA) is 55.1 Å². The molecule has 1 amide bonds. The quantitative estimate of drug-likeness (QED) is 0.900. The largest absolute Gasteiger partial charge is 0.351 e. The van der Waals surface area contributed by atoms with Crippen LogP contribution in [-0.4, -0.2) is 12.5 Å². The Balaban J connectivity index is 2.06. The van der Waals surface area contributed by atoms with Crippen molar-refractivity contribution in [1.82, 2.24) is 5.32 Å². The summed E-state index contributed by atoms with van der Waals surface area (Å²) >= 11 is 5.86. The van der Waals surface area contributed by atoms with Gasteiger partial charge in [0.2, 0.25) is 5.91 Å². The number of carbonyl (C=O) groups is 1. The Morgan fingerprint density at radius 3 is 2.05 bits per heavy atom. The second kappa shape index (κ2) is 6.36. The molecule has 0 saturated carbocycles. The van der Waals surface area contributed by atoms with Crippen LogP contribution in [0.3, 0.4) is 0 Å². The van der Waals surface area contributed by atoms with Gasteiger partial charge in [-0.3, -0.25) is 4.79 Å². The summed E-state index contributed by atoms with van der Waals surface area (Å²) < 4.78 is 0. The van der Waals surface area contributed by atoms with Crippen LogP contribution in [0.2, 0.25) is 5.02 Å². The molecule has 0 radical (unpaired) electrons. The third-order valence-electron chi connectivity index (χ3n) is 2.81. The zero-order valence-electron chi connectivity index (χ0n) is 10.4. The van der Waals surface area contributed by atoms with Crippen molar-refractivity contribution in [3.8, 4) is 11.1 Å². The van der Waals surface area contributed by atoms with E-state index in [1.807, 2.05) is 48.5 Å². The maximum atomic E-state index is 11.1. The second-order valence-electron chi connectivity index (χ2n) is 4.18. The predicted octanol–water partition coefficient (Wildman–Crippen LogP) is 2.58. The summed E-state index contributed by atoms with van der Waals surface area (Å²) in [6, 6.07) is 15.7. The molecule has 0 bridgehead atoms. The van der Waals surface area contributed by atoms with E-state index >= 15 is 0 Å². The van der Waals surface area contributed by atoms with Gasteiger partial charge < -0.3 is 11.1 Å². The van der Waals surface area contributed by atoms with Gasteiger partial charge in [0.05, 0.1) is 6.54 Å². The molecule has 0 aliphatic carbocycles. The van der Waals surface area contributed by atoms with Gasteiger partial charge in [0.1, 0.15) is 0 Å². The molecule has 98 valence electrons. The number of benzene rings is 2. The lowest BCUT2D eigenvalue weighted by atomic mass is 10.0. The molecule has 0 unspecified atom stereocenters. The Morgan fingerprint density at radius 1 is 1.00 bits per heavy atom. The number of hydrogen-bond donors (Lipinski definition) is 2. The molecule has 0 fully saturated rings.